The normalized spacial score (nSPS) is 10.3. The summed E-state index contributed by atoms with van der Waals surface area (Å²) in [6, 6.07) is 14.9. The number of anilines is 1. The van der Waals surface area contributed by atoms with Gasteiger partial charge in [0, 0.05) is 24.0 Å². The van der Waals surface area contributed by atoms with Gasteiger partial charge in [0.2, 0.25) is 5.91 Å². The van der Waals surface area contributed by atoms with E-state index in [1.165, 1.54) is 12.1 Å². The summed E-state index contributed by atoms with van der Waals surface area (Å²) < 4.78 is 5.77. The first-order valence-corrected chi connectivity index (χ1v) is 8.23. The number of nitro groups is 1. The van der Waals surface area contributed by atoms with Crippen LogP contribution < -0.4 is 10.1 Å². The van der Waals surface area contributed by atoms with Crippen molar-refractivity contribution in [2.75, 3.05) is 5.32 Å². The van der Waals surface area contributed by atoms with Crippen molar-refractivity contribution in [1.82, 2.24) is 4.98 Å². The van der Waals surface area contributed by atoms with Gasteiger partial charge >= 0.3 is 0 Å². The summed E-state index contributed by atoms with van der Waals surface area (Å²) in [4.78, 5) is 26.4. The highest BCUT2D eigenvalue weighted by Crippen LogP contribution is 2.26. The Kier molecular flexibility index (Phi) is 5.41. The number of aryl methyl sites for hydroxylation is 1. The number of nitro benzene ring substituents is 1. The second kappa shape index (κ2) is 8.09. The quantitative estimate of drug-likeness (QED) is 0.521. The zero-order valence-electron chi connectivity index (χ0n) is 14.6. The smallest absolute Gasteiger partial charge is 0.269 e. The largest absolute Gasteiger partial charge is 0.455 e. The Bertz CT molecular complexity index is 957. The topological polar surface area (TPSA) is 94.4 Å². The number of hydrogen-bond acceptors (Lipinski definition) is 5. The number of pyridine rings is 1. The van der Waals surface area contributed by atoms with Crippen molar-refractivity contribution >= 4 is 17.3 Å². The average Bonchev–Trinajstić information content (AvgIpc) is 2.65. The molecule has 0 spiro atoms. The molecule has 1 heterocycles. The van der Waals surface area contributed by atoms with Crippen molar-refractivity contribution in [3.05, 3.63) is 88.2 Å². The summed E-state index contributed by atoms with van der Waals surface area (Å²) in [6.07, 6.45) is 3.42. The van der Waals surface area contributed by atoms with E-state index in [0.717, 1.165) is 5.56 Å². The molecule has 0 atom stereocenters. The van der Waals surface area contributed by atoms with Crippen LogP contribution in [0.1, 0.15) is 11.1 Å². The Labute approximate surface area is 155 Å². The van der Waals surface area contributed by atoms with Gasteiger partial charge in [-0.1, -0.05) is 12.1 Å². The number of carbonyl (C=O) groups is 1. The Balaban J connectivity index is 1.62. The first-order valence-electron chi connectivity index (χ1n) is 8.23. The molecule has 1 N–H and O–H groups in total. The van der Waals surface area contributed by atoms with Gasteiger partial charge in [0.05, 0.1) is 17.5 Å². The Morgan fingerprint density at radius 1 is 1.19 bits per heavy atom. The minimum atomic E-state index is -0.470. The van der Waals surface area contributed by atoms with E-state index in [0.29, 0.717) is 22.7 Å². The van der Waals surface area contributed by atoms with Crippen LogP contribution in [0.3, 0.4) is 0 Å². The van der Waals surface area contributed by atoms with Gasteiger partial charge in [0.25, 0.3) is 5.69 Å². The number of nitrogens with one attached hydrogen (secondary N) is 1. The van der Waals surface area contributed by atoms with Crippen LogP contribution in [0.4, 0.5) is 11.4 Å². The number of hydrogen-bond donors (Lipinski definition) is 1. The van der Waals surface area contributed by atoms with Crippen LogP contribution in [0.2, 0.25) is 0 Å². The fraction of sp³-hybridized carbons (Fsp3) is 0.100. The van der Waals surface area contributed by atoms with Crippen molar-refractivity contribution < 1.29 is 14.5 Å². The third kappa shape index (κ3) is 4.88. The summed E-state index contributed by atoms with van der Waals surface area (Å²) in [5, 5.41) is 13.5. The van der Waals surface area contributed by atoms with Crippen LogP contribution in [0, 0.1) is 17.0 Å². The lowest BCUT2D eigenvalue weighted by Crippen LogP contribution is -2.14. The monoisotopic (exact) mass is 363 g/mol. The molecule has 0 saturated carbocycles. The maximum atomic E-state index is 12.2. The number of carbonyl (C=O) groups excluding carboxylic acids is 1. The summed E-state index contributed by atoms with van der Waals surface area (Å²) in [7, 11) is 0. The molecule has 7 nitrogen and oxygen atoms in total. The van der Waals surface area contributed by atoms with Crippen molar-refractivity contribution in [3.8, 4) is 11.5 Å². The fourth-order valence-corrected chi connectivity index (χ4v) is 2.50. The van der Waals surface area contributed by atoms with E-state index < -0.39 is 4.92 Å². The molecule has 136 valence electrons. The van der Waals surface area contributed by atoms with Gasteiger partial charge in [-0.05, 0) is 48.4 Å². The summed E-state index contributed by atoms with van der Waals surface area (Å²) in [5.74, 6) is 1.11. The molecule has 0 unspecified atom stereocenters. The minimum absolute atomic E-state index is 0.000937. The van der Waals surface area contributed by atoms with Crippen molar-refractivity contribution in [2.24, 2.45) is 0 Å². The summed E-state index contributed by atoms with van der Waals surface area (Å²) in [5.41, 5.74) is 2.22. The lowest BCUT2D eigenvalue weighted by atomic mass is 10.1. The number of nitrogens with zero attached hydrogens (tertiary/aromatic N) is 2. The molecule has 7 heteroatoms. The summed E-state index contributed by atoms with van der Waals surface area (Å²) in [6.45, 7) is 1.89. The molecule has 2 aromatic carbocycles. The highest BCUT2D eigenvalue weighted by Gasteiger charge is 2.09. The van der Waals surface area contributed by atoms with E-state index in [4.69, 9.17) is 4.74 Å². The zero-order valence-corrected chi connectivity index (χ0v) is 14.6. The molecule has 27 heavy (non-hydrogen) atoms. The van der Waals surface area contributed by atoms with E-state index >= 15 is 0 Å². The number of rotatable bonds is 6. The second-order valence-corrected chi connectivity index (χ2v) is 5.92. The zero-order chi connectivity index (χ0) is 19.2. The predicted octanol–water partition coefficient (Wildman–Crippen LogP) is 4.27. The number of aromatic nitrogens is 1. The highest BCUT2D eigenvalue weighted by atomic mass is 16.6. The Morgan fingerprint density at radius 3 is 2.59 bits per heavy atom. The third-order valence-electron chi connectivity index (χ3n) is 3.83. The molecular formula is C20H17N3O4. The van der Waals surface area contributed by atoms with Crippen molar-refractivity contribution in [2.45, 2.75) is 13.3 Å². The Hall–Kier alpha value is -3.74. The van der Waals surface area contributed by atoms with E-state index in [-0.39, 0.29) is 18.0 Å². The SMILES string of the molecule is Cc1cc(NC(=O)Cc2ccc([N+](=O)[O-])cc2)ccc1Oc1cccnc1. The van der Waals surface area contributed by atoms with Crippen LogP contribution >= 0.6 is 0 Å². The molecule has 0 aliphatic carbocycles. The maximum absolute atomic E-state index is 12.2. The molecular weight excluding hydrogens is 346 g/mol. The average molecular weight is 363 g/mol. The van der Waals surface area contributed by atoms with Gasteiger partial charge in [0.15, 0.2) is 0 Å². The fourth-order valence-electron chi connectivity index (χ4n) is 2.50. The molecule has 3 aromatic rings. The molecule has 0 aliphatic rings. The van der Waals surface area contributed by atoms with Gasteiger partial charge in [-0.15, -0.1) is 0 Å². The minimum Gasteiger partial charge on any atom is -0.455 e. The molecule has 1 aromatic heterocycles. The van der Waals surface area contributed by atoms with Crippen LogP contribution in [0.15, 0.2) is 67.0 Å². The molecule has 0 bridgehead atoms. The molecule has 1 amide bonds. The third-order valence-corrected chi connectivity index (χ3v) is 3.83. The number of ether oxygens (including phenoxy) is 1. The predicted molar refractivity (Wildman–Crippen MR) is 101 cm³/mol. The molecule has 0 aliphatic heterocycles. The standard InChI is InChI=1S/C20H17N3O4/c1-14-11-16(6-9-19(14)27-18-3-2-10-21-13-18)22-20(24)12-15-4-7-17(8-5-15)23(25)26/h2-11,13H,12H2,1H3,(H,22,24). The number of benzene rings is 2. The lowest BCUT2D eigenvalue weighted by Gasteiger charge is -2.11. The van der Waals surface area contributed by atoms with Crippen LogP contribution in [-0.4, -0.2) is 15.8 Å². The Morgan fingerprint density at radius 2 is 1.96 bits per heavy atom. The maximum Gasteiger partial charge on any atom is 0.269 e. The second-order valence-electron chi connectivity index (χ2n) is 5.92. The van der Waals surface area contributed by atoms with E-state index in [9.17, 15) is 14.9 Å². The molecule has 3 rings (SSSR count). The summed E-state index contributed by atoms with van der Waals surface area (Å²) >= 11 is 0. The number of non-ortho nitro benzene ring substituents is 1. The first-order chi connectivity index (χ1) is 13.0. The van der Waals surface area contributed by atoms with E-state index in [1.807, 2.05) is 19.1 Å². The van der Waals surface area contributed by atoms with Gasteiger partial charge in [0.1, 0.15) is 11.5 Å². The van der Waals surface area contributed by atoms with E-state index in [2.05, 4.69) is 10.3 Å². The van der Waals surface area contributed by atoms with Crippen LogP contribution in [-0.2, 0) is 11.2 Å². The molecule has 0 radical (unpaired) electrons. The van der Waals surface area contributed by atoms with Gasteiger partial charge in [-0.25, -0.2) is 0 Å². The van der Waals surface area contributed by atoms with Gasteiger partial charge in [-0.2, -0.15) is 0 Å². The van der Waals surface area contributed by atoms with Crippen LogP contribution in [0.5, 0.6) is 11.5 Å². The molecule has 0 fully saturated rings. The van der Waals surface area contributed by atoms with Crippen molar-refractivity contribution in [1.29, 1.82) is 0 Å². The van der Waals surface area contributed by atoms with Crippen LogP contribution in [0.25, 0.3) is 0 Å². The van der Waals surface area contributed by atoms with E-state index in [1.54, 1.807) is 42.7 Å². The van der Waals surface area contributed by atoms with Gasteiger partial charge in [-0.3, -0.25) is 19.9 Å². The van der Waals surface area contributed by atoms with Gasteiger partial charge < -0.3 is 10.1 Å². The molecule has 0 saturated heterocycles. The van der Waals surface area contributed by atoms with Crippen molar-refractivity contribution in [3.63, 3.8) is 0 Å². The lowest BCUT2D eigenvalue weighted by molar-refractivity contribution is -0.384. The first kappa shape index (κ1) is 18.1. The highest BCUT2D eigenvalue weighted by molar-refractivity contribution is 5.92. The number of amides is 1.